The Morgan fingerprint density at radius 2 is 2.13 bits per heavy atom. The van der Waals surface area contributed by atoms with Crippen LogP contribution < -0.4 is 0 Å². The Kier molecular flexibility index (Phi) is 3.31. The van der Waals surface area contributed by atoms with Crippen molar-refractivity contribution in [1.82, 2.24) is 0 Å². The number of rotatable bonds is 3. The minimum atomic E-state index is -0.684. The van der Waals surface area contributed by atoms with E-state index in [1.54, 1.807) is 0 Å². The molecule has 6 heteroatoms. The lowest BCUT2D eigenvalue weighted by molar-refractivity contribution is -0.385. The number of nitro groups is 1. The van der Waals surface area contributed by atoms with Gasteiger partial charge in [-0.05, 0) is 13.0 Å². The van der Waals surface area contributed by atoms with Gasteiger partial charge in [-0.1, -0.05) is 15.9 Å². The summed E-state index contributed by atoms with van der Waals surface area (Å²) >= 11 is 3.05. The largest absolute Gasteiger partial charge is 0.298 e. The van der Waals surface area contributed by atoms with Crippen molar-refractivity contribution in [1.29, 1.82) is 0 Å². The predicted octanol–water partition coefficient (Wildman–Crippen LogP) is 2.37. The van der Waals surface area contributed by atoms with E-state index in [0.717, 1.165) is 6.07 Å². The molecule has 5 nitrogen and oxygen atoms in total. The summed E-state index contributed by atoms with van der Waals surface area (Å²) in [6.45, 7) is 1.23. The zero-order valence-electron chi connectivity index (χ0n) is 7.69. The summed E-state index contributed by atoms with van der Waals surface area (Å²) in [6.07, 6.45) is 0.487. The molecule has 15 heavy (non-hydrogen) atoms. The van der Waals surface area contributed by atoms with Crippen LogP contribution in [0.5, 0.6) is 0 Å². The summed E-state index contributed by atoms with van der Waals surface area (Å²) in [5, 5.41) is 10.6. The number of halogens is 1. The van der Waals surface area contributed by atoms with E-state index in [9.17, 15) is 19.7 Å². The van der Waals surface area contributed by atoms with Crippen molar-refractivity contribution in [3.05, 3.63) is 37.8 Å². The van der Waals surface area contributed by atoms with Crippen LogP contribution in [0.4, 0.5) is 5.69 Å². The first-order chi connectivity index (χ1) is 6.97. The highest BCUT2D eigenvalue weighted by atomic mass is 79.9. The maximum atomic E-state index is 11.1. The Morgan fingerprint density at radius 1 is 1.53 bits per heavy atom. The quantitative estimate of drug-likeness (QED) is 0.366. The van der Waals surface area contributed by atoms with Crippen LogP contribution in [0.1, 0.15) is 27.6 Å². The molecule has 1 rings (SSSR count). The van der Waals surface area contributed by atoms with Crippen LogP contribution in [-0.4, -0.2) is 17.0 Å². The third-order valence-corrected chi connectivity index (χ3v) is 2.50. The number of nitro benzene ring substituents is 1. The average molecular weight is 272 g/mol. The first kappa shape index (κ1) is 11.5. The number of Topliss-reactive ketones (excluding diaryl/α,β-unsaturated/α-hetero) is 1. The monoisotopic (exact) mass is 271 g/mol. The van der Waals surface area contributed by atoms with Gasteiger partial charge in [-0.3, -0.25) is 19.7 Å². The highest BCUT2D eigenvalue weighted by Crippen LogP contribution is 2.26. The first-order valence-electron chi connectivity index (χ1n) is 3.91. The molecule has 0 saturated carbocycles. The molecule has 0 spiro atoms. The SMILES string of the molecule is CC(=O)c1cc(Br)c(C=O)cc1[N+](=O)[O-]. The van der Waals surface area contributed by atoms with Crippen molar-refractivity contribution in [2.75, 3.05) is 0 Å². The number of aldehydes is 1. The molecule has 1 aromatic rings. The van der Waals surface area contributed by atoms with Crippen LogP contribution in [0, 0.1) is 10.1 Å². The topological polar surface area (TPSA) is 77.3 Å². The summed E-state index contributed by atoms with van der Waals surface area (Å²) in [5.74, 6) is -0.417. The van der Waals surface area contributed by atoms with Gasteiger partial charge in [0.1, 0.15) is 0 Å². The van der Waals surface area contributed by atoms with Crippen LogP contribution in [0.2, 0.25) is 0 Å². The molecule has 0 aliphatic rings. The minimum Gasteiger partial charge on any atom is -0.298 e. The molecule has 0 fully saturated rings. The van der Waals surface area contributed by atoms with E-state index in [-0.39, 0.29) is 16.8 Å². The molecule has 0 atom stereocenters. The molecule has 0 heterocycles. The maximum Gasteiger partial charge on any atom is 0.280 e. The Bertz CT molecular complexity index is 456. The van der Waals surface area contributed by atoms with E-state index in [0.29, 0.717) is 10.8 Å². The van der Waals surface area contributed by atoms with Gasteiger partial charge in [-0.2, -0.15) is 0 Å². The molecule has 0 aromatic heterocycles. The van der Waals surface area contributed by atoms with Gasteiger partial charge < -0.3 is 0 Å². The summed E-state index contributed by atoms with van der Waals surface area (Å²) in [4.78, 5) is 31.6. The highest BCUT2D eigenvalue weighted by molar-refractivity contribution is 9.10. The summed E-state index contributed by atoms with van der Waals surface area (Å²) in [5.41, 5.74) is -0.225. The summed E-state index contributed by atoms with van der Waals surface area (Å²) in [7, 11) is 0. The van der Waals surface area contributed by atoms with E-state index in [4.69, 9.17) is 0 Å². The highest BCUT2D eigenvalue weighted by Gasteiger charge is 2.19. The normalized spacial score (nSPS) is 9.73. The van der Waals surface area contributed by atoms with Crippen LogP contribution in [0.3, 0.4) is 0 Å². The Labute approximate surface area is 93.4 Å². The number of hydrogen-bond acceptors (Lipinski definition) is 4. The van der Waals surface area contributed by atoms with Crippen molar-refractivity contribution >= 4 is 33.7 Å². The molecule has 0 aliphatic carbocycles. The Hall–Kier alpha value is -1.56. The number of carbonyl (C=O) groups excluding carboxylic acids is 2. The lowest BCUT2D eigenvalue weighted by Gasteiger charge is -2.01. The zero-order valence-corrected chi connectivity index (χ0v) is 9.28. The standard InChI is InChI=1S/C9H6BrNO4/c1-5(13)7-3-8(10)6(4-12)2-9(7)11(14)15/h2-4H,1H3. The number of nitrogens with zero attached hydrogens (tertiary/aromatic N) is 1. The van der Waals surface area contributed by atoms with Gasteiger partial charge in [0, 0.05) is 16.1 Å². The lowest BCUT2D eigenvalue weighted by atomic mass is 10.1. The van der Waals surface area contributed by atoms with Gasteiger partial charge in [0.2, 0.25) is 0 Å². The molecule has 0 aliphatic heterocycles. The van der Waals surface area contributed by atoms with E-state index >= 15 is 0 Å². The van der Waals surface area contributed by atoms with Crippen molar-refractivity contribution in [2.45, 2.75) is 6.92 Å². The number of ketones is 1. The molecule has 78 valence electrons. The smallest absolute Gasteiger partial charge is 0.280 e. The van der Waals surface area contributed by atoms with Gasteiger partial charge in [0.15, 0.2) is 12.1 Å². The van der Waals surface area contributed by atoms with Crippen molar-refractivity contribution < 1.29 is 14.5 Å². The molecular weight excluding hydrogens is 266 g/mol. The van der Waals surface area contributed by atoms with E-state index in [1.807, 2.05) is 0 Å². The minimum absolute atomic E-state index is 0.0162. The molecule has 0 N–H and O–H groups in total. The second-order valence-electron chi connectivity index (χ2n) is 2.82. The van der Waals surface area contributed by atoms with Crippen molar-refractivity contribution in [3.8, 4) is 0 Å². The van der Waals surface area contributed by atoms with Crippen LogP contribution in [-0.2, 0) is 0 Å². The first-order valence-corrected chi connectivity index (χ1v) is 4.70. The third kappa shape index (κ3) is 2.27. The third-order valence-electron chi connectivity index (χ3n) is 1.82. The van der Waals surface area contributed by atoms with Gasteiger partial charge in [0.25, 0.3) is 5.69 Å². The van der Waals surface area contributed by atoms with Crippen molar-refractivity contribution in [2.24, 2.45) is 0 Å². The van der Waals surface area contributed by atoms with Gasteiger partial charge in [-0.25, -0.2) is 0 Å². The molecule has 0 radical (unpaired) electrons. The van der Waals surface area contributed by atoms with Crippen LogP contribution >= 0.6 is 15.9 Å². The number of hydrogen-bond donors (Lipinski definition) is 0. The number of benzene rings is 1. The van der Waals surface area contributed by atoms with Crippen LogP contribution in [0.15, 0.2) is 16.6 Å². The summed E-state index contributed by atoms with van der Waals surface area (Å²) in [6, 6.07) is 2.36. The van der Waals surface area contributed by atoms with E-state index in [1.165, 1.54) is 13.0 Å². The van der Waals surface area contributed by atoms with Gasteiger partial charge in [-0.15, -0.1) is 0 Å². The average Bonchev–Trinajstić information content (AvgIpc) is 2.16. The maximum absolute atomic E-state index is 11.1. The fourth-order valence-electron chi connectivity index (χ4n) is 1.10. The fraction of sp³-hybridized carbons (Fsp3) is 0.111. The second-order valence-corrected chi connectivity index (χ2v) is 3.68. The molecule has 0 bridgehead atoms. The fourth-order valence-corrected chi connectivity index (χ4v) is 1.54. The van der Waals surface area contributed by atoms with Gasteiger partial charge >= 0.3 is 0 Å². The second kappa shape index (κ2) is 4.31. The summed E-state index contributed by atoms with van der Waals surface area (Å²) < 4.78 is 0.369. The molecule has 0 unspecified atom stereocenters. The lowest BCUT2D eigenvalue weighted by Crippen LogP contribution is -2.01. The van der Waals surface area contributed by atoms with E-state index < -0.39 is 10.7 Å². The predicted molar refractivity (Wildman–Crippen MR) is 56.2 cm³/mol. The Morgan fingerprint density at radius 3 is 2.53 bits per heavy atom. The Balaban J connectivity index is 3.52. The molecule has 0 amide bonds. The van der Waals surface area contributed by atoms with Crippen molar-refractivity contribution in [3.63, 3.8) is 0 Å². The molecule has 0 saturated heterocycles. The van der Waals surface area contributed by atoms with Crippen LogP contribution in [0.25, 0.3) is 0 Å². The van der Waals surface area contributed by atoms with Gasteiger partial charge in [0.05, 0.1) is 10.5 Å². The number of carbonyl (C=O) groups is 2. The molecular formula is C9H6BrNO4. The zero-order chi connectivity index (χ0) is 11.6. The molecule has 1 aromatic carbocycles. The van der Waals surface area contributed by atoms with E-state index in [2.05, 4.69) is 15.9 Å².